The molecule has 0 saturated carbocycles. The van der Waals surface area contributed by atoms with Crippen LogP contribution in [0.1, 0.15) is 32.0 Å². The van der Waals surface area contributed by atoms with Crippen molar-refractivity contribution in [1.82, 2.24) is 9.55 Å². The topological polar surface area (TPSA) is 44.1 Å². The average Bonchev–Trinajstić information content (AvgIpc) is 2.69. The number of hydrogen-bond donors (Lipinski definition) is 0. The number of esters is 1. The summed E-state index contributed by atoms with van der Waals surface area (Å²) < 4.78 is 6.77. The Morgan fingerprint density at radius 2 is 2.38 bits per heavy atom. The van der Waals surface area contributed by atoms with Crippen molar-refractivity contribution >= 4 is 5.97 Å². The summed E-state index contributed by atoms with van der Waals surface area (Å²) in [6, 6.07) is 0. The first kappa shape index (κ1) is 12.7. The van der Waals surface area contributed by atoms with E-state index in [0.717, 1.165) is 25.1 Å². The third-order valence-corrected chi connectivity index (χ3v) is 2.79. The number of aryl methyl sites for hydroxylation is 1. The van der Waals surface area contributed by atoms with Crippen molar-refractivity contribution in [1.29, 1.82) is 0 Å². The molecule has 0 bridgehead atoms. The molecule has 0 aliphatic heterocycles. The SMILES string of the molecule is CCCCC(Cc1nccn1C)C(=O)OC. The molecule has 0 aliphatic carbocycles. The van der Waals surface area contributed by atoms with Gasteiger partial charge in [0, 0.05) is 25.9 Å². The molecule has 0 aromatic carbocycles. The van der Waals surface area contributed by atoms with E-state index < -0.39 is 0 Å². The number of methoxy groups -OCH3 is 1. The molecule has 4 heteroatoms. The van der Waals surface area contributed by atoms with Crippen molar-refractivity contribution in [2.24, 2.45) is 13.0 Å². The number of aromatic nitrogens is 2. The molecular weight excluding hydrogens is 204 g/mol. The maximum atomic E-state index is 11.6. The summed E-state index contributed by atoms with van der Waals surface area (Å²) in [5, 5.41) is 0. The van der Waals surface area contributed by atoms with Gasteiger partial charge < -0.3 is 9.30 Å². The summed E-state index contributed by atoms with van der Waals surface area (Å²) in [4.78, 5) is 15.8. The Morgan fingerprint density at radius 1 is 1.62 bits per heavy atom. The molecule has 0 aliphatic rings. The second kappa shape index (κ2) is 6.30. The predicted octanol–water partition coefficient (Wildman–Crippen LogP) is 1.94. The zero-order valence-electron chi connectivity index (χ0n) is 10.3. The van der Waals surface area contributed by atoms with Gasteiger partial charge in [-0.1, -0.05) is 19.8 Å². The lowest BCUT2D eigenvalue weighted by Gasteiger charge is -2.13. The molecule has 0 saturated heterocycles. The van der Waals surface area contributed by atoms with Gasteiger partial charge in [-0.2, -0.15) is 0 Å². The number of nitrogens with zero attached hydrogens (tertiary/aromatic N) is 2. The van der Waals surface area contributed by atoms with E-state index in [0.29, 0.717) is 6.42 Å². The molecule has 1 heterocycles. The zero-order chi connectivity index (χ0) is 12.0. The lowest BCUT2D eigenvalue weighted by Crippen LogP contribution is -2.20. The number of carbonyl (C=O) groups excluding carboxylic acids is 1. The maximum absolute atomic E-state index is 11.6. The van der Waals surface area contributed by atoms with Crippen molar-refractivity contribution in [3.8, 4) is 0 Å². The van der Waals surface area contributed by atoms with Crippen LogP contribution in [0.25, 0.3) is 0 Å². The highest BCUT2D eigenvalue weighted by Crippen LogP contribution is 2.15. The van der Waals surface area contributed by atoms with Gasteiger partial charge in [0.25, 0.3) is 0 Å². The van der Waals surface area contributed by atoms with E-state index >= 15 is 0 Å². The van der Waals surface area contributed by atoms with Crippen molar-refractivity contribution < 1.29 is 9.53 Å². The molecule has 1 aromatic heterocycles. The highest BCUT2D eigenvalue weighted by molar-refractivity contribution is 5.72. The van der Waals surface area contributed by atoms with Crippen LogP contribution in [-0.2, 0) is 23.0 Å². The van der Waals surface area contributed by atoms with Crippen LogP contribution in [0.2, 0.25) is 0 Å². The van der Waals surface area contributed by atoms with Crippen LogP contribution in [0.3, 0.4) is 0 Å². The smallest absolute Gasteiger partial charge is 0.309 e. The van der Waals surface area contributed by atoms with Gasteiger partial charge in [-0.3, -0.25) is 4.79 Å². The highest BCUT2D eigenvalue weighted by atomic mass is 16.5. The van der Waals surface area contributed by atoms with Crippen LogP contribution in [0.4, 0.5) is 0 Å². The monoisotopic (exact) mass is 224 g/mol. The number of rotatable bonds is 6. The van der Waals surface area contributed by atoms with Crippen LogP contribution >= 0.6 is 0 Å². The lowest BCUT2D eigenvalue weighted by atomic mass is 9.98. The fourth-order valence-corrected chi connectivity index (χ4v) is 1.73. The number of imidazole rings is 1. The van der Waals surface area contributed by atoms with Gasteiger partial charge in [-0.15, -0.1) is 0 Å². The molecule has 0 amide bonds. The summed E-state index contributed by atoms with van der Waals surface area (Å²) in [5.74, 6) is 0.744. The molecule has 1 unspecified atom stereocenters. The Morgan fingerprint density at radius 3 is 2.88 bits per heavy atom. The van der Waals surface area contributed by atoms with Crippen LogP contribution in [-0.4, -0.2) is 22.6 Å². The zero-order valence-corrected chi connectivity index (χ0v) is 10.3. The third-order valence-electron chi connectivity index (χ3n) is 2.79. The number of unbranched alkanes of at least 4 members (excludes halogenated alkanes) is 1. The quantitative estimate of drug-likeness (QED) is 0.694. The molecule has 0 radical (unpaired) electrons. The van der Waals surface area contributed by atoms with Crippen molar-refractivity contribution in [2.45, 2.75) is 32.6 Å². The van der Waals surface area contributed by atoms with Gasteiger partial charge in [0.05, 0.1) is 13.0 Å². The fraction of sp³-hybridized carbons (Fsp3) is 0.667. The minimum Gasteiger partial charge on any atom is -0.469 e. The highest BCUT2D eigenvalue weighted by Gasteiger charge is 2.20. The van der Waals surface area contributed by atoms with Crippen LogP contribution in [0, 0.1) is 5.92 Å². The molecule has 1 rings (SSSR count). The molecule has 1 aromatic rings. The maximum Gasteiger partial charge on any atom is 0.309 e. The summed E-state index contributed by atoms with van der Waals surface area (Å²) in [6.07, 6.45) is 7.32. The standard InChI is InChI=1S/C12H20N2O2/c1-4-5-6-10(12(15)16-3)9-11-13-7-8-14(11)2/h7-8,10H,4-6,9H2,1-3H3. The first-order valence-electron chi connectivity index (χ1n) is 5.73. The number of ether oxygens (including phenoxy) is 1. The largest absolute Gasteiger partial charge is 0.469 e. The summed E-state index contributed by atoms with van der Waals surface area (Å²) in [6.45, 7) is 2.12. The molecule has 1 atom stereocenters. The van der Waals surface area contributed by atoms with E-state index in [-0.39, 0.29) is 11.9 Å². The minimum atomic E-state index is -0.128. The molecule has 90 valence electrons. The fourth-order valence-electron chi connectivity index (χ4n) is 1.73. The number of carbonyl (C=O) groups is 1. The van der Waals surface area contributed by atoms with E-state index in [4.69, 9.17) is 4.74 Å². The van der Waals surface area contributed by atoms with Gasteiger partial charge >= 0.3 is 5.97 Å². The predicted molar refractivity (Wildman–Crippen MR) is 61.9 cm³/mol. The van der Waals surface area contributed by atoms with Gasteiger partial charge in [0.15, 0.2) is 0 Å². The Balaban J connectivity index is 2.63. The first-order valence-corrected chi connectivity index (χ1v) is 5.73. The van der Waals surface area contributed by atoms with Gasteiger partial charge in [-0.25, -0.2) is 4.98 Å². The van der Waals surface area contributed by atoms with Crippen LogP contribution < -0.4 is 0 Å². The molecule has 0 spiro atoms. The summed E-state index contributed by atoms with van der Waals surface area (Å²) in [5.41, 5.74) is 0. The van der Waals surface area contributed by atoms with Crippen molar-refractivity contribution in [3.05, 3.63) is 18.2 Å². The van der Waals surface area contributed by atoms with E-state index in [1.165, 1.54) is 7.11 Å². The Hall–Kier alpha value is -1.32. The summed E-state index contributed by atoms with van der Waals surface area (Å²) in [7, 11) is 3.39. The van der Waals surface area contributed by atoms with E-state index in [1.807, 2.05) is 17.8 Å². The normalized spacial score (nSPS) is 12.4. The molecule has 0 N–H and O–H groups in total. The van der Waals surface area contributed by atoms with Crippen molar-refractivity contribution in [2.75, 3.05) is 7.11 Å². The van der Waals surface area contributed by atoms with Crippen LogP contribution in [0.5, 0.6) is 0 Å². The third kappa shape index (κ3) is 3.36. The van der Waals surface area contributed by atoms with Crippen molar-refractivity contribution in [3.63, 3.8) is 0 Å². The minimum absolute atomic E-state index is 0.0638. The number of hydrogen-bond acceptors (Lipinski definition) is 3. The second-order valence-corrected chi connectivity index (χ2v) is 4.02. The molecular formula is C12H20N2O2. The Labute approximate surface area is 96.6 Å². The molecule has 16 heavy (non-hydrogen) atoms. The first-order chi connectivity index (χ1) is 7.69. The summed E-state index contributed by atoms with van der Waals surface area (Å²) >= 11 is 0. The van der Waals surface area contributed by atoms with Crippen LogP contribution in [0.15, 0.2) is 12.4 Å². The average molecular weight is 224 g/mol. The second-order valence-electron chi connectivity index (χ2n) is 4.02. The van der Waals surface area contributed by atoms with E-state index in [2.05, 4.69) is 11.9 Å². The van der Waals surface area contributed by atoms with Gasteiger partial charge in [0.1, 0.15) is 5.82 Å². The lowest BCUT2D eigenvalue weighted by molar-refractivity contribution is -0.145. The van der Waals surface area contributed by atoms with Gasteiger partial charge in [-0.05, 0) is 6.42 Å². The Kier molecular flexibility index (Phi) is 5.02. The molecule has 4 nitrogen and oxygen atoms in total. The van der Waals surface area contributed by atoms with E-state index in [1.54, 1.807) is 6.20 Å². The van der Waals surface area contributed by atoms with Gasteiger partial charge in [0.2, 0.25) is 0 Å². The molecule has 0 fully saturated rings. The Bertz CT molecular complexity index is 334. The van der Waals surface area contributed by atoms with E-state index in [9.17, 15) is 4.79 Å².